The zero-order valence-corrected chi connectivity index (χ0v) is 15.2. The first-order valence-corrected chi connectivity index (χ1v) is 8.58. The summed E-state index contributed by atoms with van der Waals surface area (Å²) in [6, 6.07) is 9.32. The SMILES string of the molecule is CN(C)c1ccc(NC(=O)N2CCN(c3ccc(F)c(F)c3F)CC2)cc1. The molecule has 0 spiro atoms. The minimum atomic E-state index is -1.48. The lowest BCUT2D eigenvalue weighted by molar-refractivity contribution is 0.208. The van der Waals surface area contributed by atoms with Crippen LogP contribution < -0.4 is 15.1 Å². The second-order valence-corrected chi connectivity index (χ2v) is 6.54. The normalized spacial score (nSPS) is 14.3. The average molecular weight is 378 g/mol. The van der Waals surface area contributed by atoms with Crippen molar-refractivity contribution in [2.75, 3.05) is 55.4 Å². The predicted molar refractivity (Wildman–Crippen MR) is 99.9 cm³/mol. The Morgan fingerprint density at radius 3 is 2.15 bits per heavy atom. The maximum atomic E-state index is 13.9. The Morgan fingerprint density at radius 1 is 0.926 bits per heavy atom. The van der Waals surface area contributed by atoms with Gasteiger partial charge in [0.25, 0.3) is 0 Å². The van der Waals surface area contributed by atoms with Crippen molar-refractivity contribution < 1.29 is 18.0 Å². The number of nitrogens with one attached hydrogen (secondary N) is 1. The summed E-state index contributed by atoms with van der Waals surface area (Å²) in [5.74, 6) is -3.89. The van der Waals surface area contributed by atoms with E-state index in [1.54, 1.807) is 9.80 Å². The molecule has 0 unspecified atom stereocenters. The molecular formula is C19H21F3N4O. The lowest BCUT2D eigenvalue weighted by Crippen LogP contribution is -2.50. The lowest BCUT2D eigenvalue weighted by Gasteiger charge is -2.36. The van der Waals surface area contributed by atoms with Gasteiger partial charge in [0.2, 0.25) is 0 Å². The molecule has 1 saturated heterocycles. The number of rotatable bonds is 3. The minimum Gasteiger partial charge on any atom is -0.378 e. The highest BCUT2D eigenvalue weighted by Gasteiger charge is 2.25. The summed E-state index contributed by atoms with van der Waals surface area (Å²) in [6.45, 7) is 1.35. The highest BCUT2D eigenvalue weighted by atomic mass is 19.2. The molecule has 3 rings (SSSR count). The number of carbonyl (C=O) groups is 1. The molecule has 0 radical (unpaired) electrons. The Hall–Kier alpha value is -2.90. The summed E-state index contributed by atoms with van der Waals surface area (Å²) >= 11 is 0. The smallest absolute Gasteiger partial charge is 0.321 e. The Morgan fingerprint density at radius 2 is 1.56 bits per heavy atom. The molecule has 1 heterocycles. The standard InChI is InChI=1S/C19H21F3N4O/c1-24(2)14-5-3-13(4-6-14)23-19(27)26-11-9-25(10-12-26)16-8-7-15(20)17(21)18(16)22/h3-8H,9-12H2,1-2H3,(H,23,27). The zero-order valence-electron chi connectivity index (χ0n) is 15.2. The van der Waals surface area contributed by atoms with Crippen molar-refractivity contribution in [1.29, 1.82) is 0 Å². The number of benzene rings is 2. The molecule has 1 N–H and O–H groups in total. The molecule has 2 amide bonds. The number of halogens is 3. The molecule has 0 aromatic heterocycles. The Kier molecular flexibility index (Phi) is 5.43. The van der Waals surface area contributed by atoms with Crippen molar-refractivity contribution in [3.8, 4) is 0 Å². The number of anilines is 3. The van der Waals surface area contributed by atoms with E-state index in [0.717, 1.165) is 11.8 Å². The quantitative estimate of drug-likeness (QED) is 0.831. The van der Waals surface area contributed by atoms with E-state index in [-0.39, 0.29) is 11.7 Å². The molecule has 0 bridgehead atoms. The third-order valence-corrected chi connectivity index (χ3v) is 4.56. The van der Waals surface area contributed by atoms with Crippen LogP contribution in [0.15, 0.2) is 36.4 Å². The van der Waals surface area contributed by atoms with Gasteiger partial charge in [0.1, 0.15) is 0 Å². The van der Waals surface area contributed by atoms with E-state index in [9.17, 15) is 18.0 Å². The van der Waals surface area contributed by atoms with E-state index in [1.807, 2.05) is 43.3 Å². The lowest BCUT2D eigenvalue weighted by atomic mass is 10.2. The maximum absolute atomic E-state index is 13.9. The van der Waals surface area contributed by atoms with Crippen LogP contribution >= 0.6 is 0 Å². The van der Waals surface area contributed by atoms with Crippen LogP contribution in [0, 0.1) is 17.5 Å². The molecule has 1 aliphatic rings. The number of carbonyl (C=O) groups excluding carboxylic acids is 1. The van der Waals surface area contributed by atoms with Crippen molar-refractivity contribution in [2.45, 2.75) is 0 Å². The predicted octanol–water partition coefficient (Wildman–Crippen LogP) is 3.52. The van der Waals surface area contributed by atoms with Gasteiger partial charge in [0.05, 0.1) is 5.69 Å². The largest absolute Gasteiger partial charge is 0.378 e. The van der Waals surface area contributed by atoms with Crippen LogP contribution in [-0.2, 0) is 0 Å². The van der Waals surface area contributed by atoms with Gasteiger partial charge >= 0.3 is 6.03 Å². The number of amides is 2. The van der Waals surface area contributed by atoms with Gasteiger partial charge < -0.3 is 20.0 Å². The van der Waals surface area contributed by atoms with Gasteiger partial charge in [-0.05, 0) is 36.4 Å². The van der Waals surface area contributed by atoms with E-state index >= 15 is 0 Å². The average Bonchev–Trinajstić information content (AvgIpc) is 2.67. The second-order valence-electron chi connectivity index (χ2n) is 6.54. The van der Waals surface area contributed by atoms with Crippen LogP contribution in [0.3, 0.4) is 0 Å². The third-order valence-electron chi connectivity index (χ3n) is 4.56. The molecule has 0 aliphatic carbocycles. The van der Waals surface area contributed by atoms with Gasteiger partial charge in [-0.1, -0.05) is 0 Å². The van der Waals surface area contributed by atoms with Crippen molar-refractivity contribution in [2.24, 2.45) is 0 Å². The minimum absolute atomic E-state index is 0.00762. The van der Waals surface area contributed by atoms with Gasteiger partial charge in [-0.25, -0.2) is 18.0 Å². The first kappa shape index (κ1) is 18.9. The van der Waals surface area contributed by atoms with E-state index in [2.05, 4.69) is 5.32 Å². The van der Waals surface area contributed by atoms with E-state index in [1.165, 1.54) is 6.07 Å². The van der Waals surface area contributed by atoms with Crippen LogP contribution in [-0.4, -0.2) is 51.2 Å². The van der Waals surface area contributed by atoms with Gasteiger partial charge in [0.15, 0.2) is 17.5 Å². The second kappa shape index (κ2) is 7.77. The summed E-state index contributed by atoms with van der Waals surface area (Å²) in [4.78, 5) is 17.6. The van der Waals surface area contributed by atoms with E-state index < -0.39 is 17.5 Å². The molecule has 0 atom stereocenters. The Labute approximate surface area is 156 Å². The van der Waals surface area contributed by atoms with E-state index in [4.69, 9.17) is 0 Å². The molecule has 1 fully saturated rings. The number of piperazine rings is 1. The fourth-order valence-corrected chi connectivity index (χ4v) is 2.96. The molecule has 1 aliphatic heterocycles. The first-order chi connectivity index (χ1) is 12.9. The number of hydrogen-bond donors (Lipinski definition) is 1. The fourth-order valence-electron chi connectivity index (χ4n) is 2.96. The van der Waals surface area contributed by atoms with Crippen molar-refractivity contribution in [3.05, 3.63) is 53.8 Å². The van der Waals surface area contributed by atoms with Crippen LogP contribution in [0.4, 0.5) is 35.0 Å². The number of hydrogen-bond acceptors (Lipinski definition) is 3. The molecule has 0 saturated carbocycles. The van der Waals surface area contributed by atoms with Gasteiger partial charge in [-0.15, -0.1) is 0 Å². The third kappa shape index (κ3) is 4.10. The Balaban J connectivity index is 1.59. The van der Waals surface area contributed by atoms with E-state index in [0.29, 0.717) is 31.9 Å². The summed E-state index contributed by atoms with van der Waals surface area (Å²) in [7, 11) is 3.87. The maximum Gasteiger partial charge on any atom is 0.321 e. The van der Waals surface area contributed by atoms with Crippen LogP contribution in [0.1, 0.15) is 0 Å². The van der Waals surface area contributed by atoms with Crippen molar-refractivity contribution in [1.82, 2.24) is 4.90 Å². The number of nitrogens with zero attached hydrogens (tertiary/aromatic N) is 3. The molecule has 27 heavy (non-hydrogen) atoms. The highest BCUT2D eigenvalue weighted by molar-refractivity contribution is 5.89. The molecule has 5 nitrogen and oxygen atoms in total. The topological polar surface area (TPSA) is 38.8 Å². The van der Waals surface area contributed by atoms with Crippen molar-refractivity contribution >= 4 is 23.1 Å². The fraction of sp³-hybridized carbons (Fsp3) is 0.316. The van der Waals surface area contributed by atoms with Crippen molar-refractivity contribution in [3.63, 3.8) is 0 Å². The summed E-state index contributed by atoms with van der Waals surface area (Å²) in [6.07, 6.45) is 0. The zero-order chi connectivity index (χ0) is 19.6. The molecule has 8 heteroatoms. The molecule has 2 aromatic carbocycles. The molecular weight excluding hydrogens is 357 g/mol. The molecule has 2 aromatic rings. The summed E-state index contributed by atoms with van der Waals surface area (Å²) in [5.41, 5.74) is 1.71. The highest BCUT2D eigenvalue weighted by Crippen LogP contribution is 2.25. The van der Waals surface area contributed by atoms with Crippen LogP contribution in [0.2, 0.25) is 0 Å². The van der Waals surface area contributed by atoms with Crippen LogP contribution in [0.25, 0.3) is 0 Å². The van der Waals surface area contributed by atoms with Crippen LogP contribution in [0.5, 0.6) is 0 Å². The molecule has 144 valence electrons. The monoisotopic (exact) mass is 378 g/mol. The number of urea groups is 1. The Bertz CT molecular complexity index is 818. The van der Waals surface area contributed by atoms with Gasteiger partial charge in [-0.2, -0.15) is 0 Å². The summed E-state index contributed by atoms with van der Waals surface area (Å²) < 4.78 is 40.4. The van der Waals surface area contributed by atoms with Gasteiger partial charge in [0, 0.05) is 51.6 Å². The van der Waals surface area contributed by atoms with Gasteiger partial charge in [-0.3, -0.25) is 0 Å². The first-order valence-electron chi connectivity index (χ1n) is 8.58. The summed E-state index contributed by atoms with van der Waals surface area (Å²) in [5, 5.41) is 2.83.